The summed E-state index contributed by atoms with van der Waals surface area (Å²) < 4.78 is 25.2. The van der Waals surface area contributed by atoms with Crippen LogP contribution in [-0.2, 0) is 19.2 Å². The summed E-state index contributed by atoms with van der Waals surface area (Å²) in [6, 6.07) is 13.0. The number of phenolic OH excluding ortho intramolecular Hbond substituents is 1. The lowest BCUT2D eigenvalue weighted by Gasteiger charge is -2.51. The van der Waals surface area contributed by atoms with Crippen LogP contribution in [0.1, 0.15) is 24.3 Å². The SMILES string of the molecule is COc1cc(O)cc(OC)c1[C@H]1C2=CC[C@@H]3C(=O)N(c4cccc(B(O)O)c4)C(=O)[C@@H]3[C@@H]2C[C@@]2(Cl)C(=O)N(c3ccc(F)cc3)C(=O)[C@@]12Cl. The zero-order valence-electron chi connectivity index (χ0n) is 26.0. The lowest BCUT2D eigenvalue weighted by Crippen LogP contribution is -2.60. The molecule has 0 bridgehead atoms. The molecule has 4 aliphatic rings. The quantitative estimate of drug-likeness (QED) is 0.152. The van der Waals surface area contributed by atoms with Gasteiger partial charge in [0.1, 0.15) is 23.1 Å². The molecule has 3 aromatic rings. The van der Waals surface area contributed by atoms with E-state index in [1.807, 2.05) is 0 Å². The van der Waals surface area contributed by atoms with E-state index in [1.165, 1.54) is 62.8 Å². The second-order valence-corrected chi connectivity index (χ2v) is 13.7. The molecule has 0 spiro atoms. The molecule has 15 heteroatoms. The molecule has 11 nitrogen and oxygen atoms in total. The van der Waals surface area contributed by atoms with Crippen LogP contribution in [0.5, 0.6) is 17.2 Å². The molecule has 0 unspecified atom stereocenters. The van der Waals surface area contributed by atoms with Gasteiger partial charge in [-0.15, -0.1) is 23.2 Å². The van der Waals surface area contributed by atoms with E-state index in [-0.39, 0.29) is 52.5 Å². The molecule has 3 N–H and O–H groups in total. The van der Waals surface area contributed by atoms with Crippen molar-refractivity contribution in [1.29, 1.82) is 0 Å². The zero-order valence-corrected chi connectivity index (χ0v) is 27.5. The van der Waals surface area contributed by atoms with Crippen LogP contribution in [0.3, 0.4) is 0 Å². The first-order valence-corrected chi connectivity index (χ1v) is 16.0. The number of allylic oxidation sites excluding steroid dienone is 2. The van der Waals surface area contributed by atoms with Crippen LogP contribution in [0.15, 0.2) is 72.3 Å². The maximum atomic E-state index is 14.6. The third-order valence-corrected chi connectivity index (χ3v) is 11.6. The molecule has 3 fully saturated rings. The van der Waals surface area contributed by atoms with Crippen LogP contribution in [0.25, 0.3) is 0 Å². The first-order valence-electron chi connectivity index (χ1n) is 15.3. The highest BCUT2D eigenvalue weighted by molar-refractivity contribution is 6.59. The molecular formula is C34H28BCl2FN2O9. The molecule has 1 saturated carbocycles. The van der Waals surface area contributed by atoms with Crippen LogP contribution in [0.2, 0.25) is 0 Å². The zero-order chi connectivity index (χ0) is 35.2. The summed E-state index contributed by atoms with van der Waals surface area (Å²) in [4.78, 5) is 54.7. The molecule has 2 aliphatic heterocycles. The number of carbonyl (C=O) groups excluding carboxylic acids is 4. The van der Waals surface area contributed by atoms with Crippen LogP contribution in [0, 0.1) is 23.6 Å². The van der Waals surface area contributed by atoms with E-state index < -0.39 is 70.0 Å². The number of phenols is 1. The van der Waals surface area contributed by atoms with Gasteiger partial charge in [0.25, 0.3) is 11.8 Å². The van der Waals surface area contributed by atoms with Gasteiger partial charge in [0.2, 0.25) is 11.8 Å². The topological polar surface area (TPSA) is 154 Å². The predicted octanol–water partition coefficient (Wildman–Crippen LogP) is 3.00. The smallest absolute Gasteiger partial charge is 0.488 e. The highest BCUT2D eigenvalue weighted by atomic mass is 35.5. The van der Waals surface area contributed by atoms with Crippen LogP contribution < -0.4 is 24.7 Å². The number of carbonyl (C=O) groups is 4. The first-order chi connectivity index (χ1) is 23.3. The second kappa shape index (κ2) is 11.6. The Morgan fingerprint density at radius 2 is 1.51 bits per heavy atom. The Bertz CT molecular complexity index is 1950. The van der Waals surface area contributed by atoms with Gasteiger partial charge in [0.05, 0.1) is 37.4 Å². The number of benzene rings is 3. The Labute approximate surface area is 289 Å². The van der Waals surface area contributed by atoms with Gasteiger partial charge in [-0.3, -0.25) is 24.1 Å². The molecule has 49 heavy (non-hydrogen) atoms. The second-order valence-electron chi connectivity index (χ2n) is 12.5. The fraction of sp³-hybridized carbons (Fsp3) is 0.294. The van der Waals surface area contributed by atoms with Gasteiger partial charge in [-0.05, 0) is 60.6 Å². The Balaban J connectivity index is 1.43. The maximum Gasteiger partial charge on any atom is 0.488 e. The average molecular weight is 709 g/mol. The van der Waals surface area contributed by atoms with Gasteiger partial charge < -0.3 is 24.6 Å². The molecule has 2 saturated heterocycles. The number of halogens is 3. The van der Waals surface area contributed by atoms with Gasteiger partial charge in [0.15, 0.2) is 9.75 Å². The number of aromatic hydroxyl groups is 1. The molecule has 2 heterocycles. The highest BCUT2D eigenvalue weighted by Crippen LogP contribution is 2.67. The molecular weight excluding hydrogens is 681 g/mol. The minimum absolute atomic E-state index is 0.0216. The van der Waals surface area contributed by atoms with E-state index in [1.54, 1.807) is 6.08 Å². The van der Waals surface area contributed by atoms with E-state index >= 15 is 0 Å². The normalized spacial score (nSPS) is 29.0. The number of fused-ring (bicyclic) bond motifs is 4. The third-order valence-electron chi connectivity index (χ3n) is 10.1. The summed E-state index contributed by atoms with van der Waals surface area (Å²) in [6.07, 6.45) is 1.46. The van der Waals surface area contributed by atoms with Crippen molar-refractivity contribution in [2.45, 2.75) is 28.5 Å². The number of anilines is 2. The van der Waals surface area contributed by atoms with Crippen molar-refractivity contribution in [2.75, 3.05) is 24.0 Å². The van der Waals surface area contributed by atoms with Gasteiger partial charge in [-0.2, -0.15) is 0 Å². The largest absolute Gasteiger partial charge is 0.508 e. The van der Waals surface area contributed by atoms with Crippen LogP contribution in [-0.4, -0.2) is 69.9 Å². The van der Waals surface area contributed by atoms with Gasteiger partial charge >= 0.3 is 7.12 Å². The monoisotopic (exact) mass is 708 g/mol. The Kier molecular flexibility index (Phi) is 7.82. The van der Waals surface area contributed by atoms with Crippen molar-refractivity contribution in [2.24, 2.45) is 17.8 Å². The van der Waals surface area contributed by atoms with Gasteiger partial charge in [-0.25, -0.2) is 9.29 Å². The van der Waals surface area contributed by atoms with Crippen molar-refractivity contribution in [1.82, 2.24) is 0 Å². The molecule has 2 aliphatic carbocycles. The summed E-state index contributed by atoms with van der Waals surface area (Å²) in [7, 11) is 0.818. The van der Waals surface area contributed by atoms with E-state index in [0.29, 0.717) is 5.57 Å². The minimum Gasteiger partial charge on any atom is -0.508 e. The van der Waals surface area contributed by atoms with Gasteiger partial charge in [0, 0.05) is 23.6 Å². The van der Waals surface area contributed by atoms with E-state index in [2.05, 4.69) is 0 Å². The molecule has 0 aromatic heterocycles. The number of rotatable bonds is 6. The molecule has 7 rings (SSSR count). The third kappa shape index (κ3) is 4.56. The number of nitrogens with zero attached hydrogens (tertiary/aromatic N) is 2. The number of methoxy groups -OCH3 is 2. The van der Waals surface area contributed by atoms with Crippen molar-refractivity contribution in [3.8, 4) is 17.2 Å². The highest BCUT2D eigenvalue weighted by Gasteiger charge is 2.77. The predicted molar refractivity (Wildman–Crippen MR) is 177 cm³/mol. The number of alkyl halides is 2. The van der Waals surface area contributed by atoms with E-state index in [0.717, 1.165) is 21.9 Å². The molecule has 4 amide bonds. The lowest BCUT2D eigenvalue weighted by molar-refractivity contribution is -0.125. The standard InChI is InChI=1S/C34H28BCl2FN2O9/c1-48-24-13-20(41)14-25(49-2)27(24)28-21-10-11-22-26(30(43)39(29(22)42)19-5-3-4-16(12-19)35(46)47)23(21)15-33(36)31(44)40(32(45)34(28,33)37)18-8-6-17(38)7-9-18/h3-10,12-14,22-23,26,28,41,46-47H,11,15H2,1-2H3/t22-,23+,26-,28+,33+,34-/m0/s1. The maximum absolute atomic E-state index is 14.6. The first kappa shape index (κ1) is 33.1. The molecule has 3 aromatic carbocycles. The lowest BCUT2D eigenvalue weighted by atomic mass is 9.56. The summed E-state index contributed by atoms with van der Waals surface area (Å²) in [5.74, 6) is -7.78. The summed E-state index contributed by atoms with van der Waals surface area (Å²) in [5, 5.41) is 30.0. The number of ether oxygens (including phenoxy) is 2. The molecule has 252 valence electrons. The number of hydrogen-bond acceptors (Lipinski definition) is 9. The fourth-order valence-electron chi connectivity index (χ4n) is 8.00. The van der Waals surface area contributed by atoms with Crippen molar-refractivity contribution < 1.29 is 48.2 Å². The minimum atomic E-state index is -2.26. The summed E-state index contributed by atoms with van der Waals surface area (Å²) in [5.41, 5.74) is 0.844. The van der Waals surface area contributed by atoms with E-state index in [4.69, 9.17) is 32.7 Å². The van der Waals surface area contributed by atoms with E-state index in [9.17, 15) is 38.7 Å². The Morgan fingerprint density at radius 3 is 2.12 bits per heavy atom. The van der Waals surface area contributed by atoms with Gasteiger partial charge in [-0.1, -0.05) is 23.8 Å². The van der Waals surface area contributed by atoms with Crippen molar-refractivity contribution in [3.05, 3.63) is 83.7 Å². The van der Waals surface area contributed by atoms with Crippen molar-refractivity contribution >= 4 is 70.8 Å². The molecule has 6 atom stereocenters. The van der Waals surface area contributed by atoms with Crippen molar-refractivity contribution in [3.63, 3.8) is 0 Å². The van der Waals surface area contributed by atoms with Crippen LogP contribution in [0.4, 0.5) is 15.8 Å². The Morgan fingerprint density at radius 1 is 0.857 bits per heavy atom. The number of hydrogen-bond donors (Lipinski definition) is 3. The fourth-order valence-corrected chi connectivity index (χ4v) is 8.92. The number of imide groups is 2. The number of amides is 4. The Hall–Kier alpha value is -4.43. The average Bonchev–Trinajstić information content (AvgIpc) is 3.42. The summed E-state index contributed by atoms with van der Waals surface area (Å²) >= 11 is 14.9. The molecule has 0 radical (unpaired) electrons. The summed E-state index contributed by atoms with van der Waals surface area (Å²) in [6.45, 7) is 0. The van der Waals surface area contributed by atoms with Crippen LogP contribution >= 0.6 is 23.2 Å².